The first-order valence-electron chi connectivity index (χ1n) is 10.7. The standard InChI is InChI=1S/C23H28N6O4/c1-16(26-28-24)20-21(33-23(2,3)32-20)19(27-29-25)22(30-14-17-10-6-4-7-11-17)31-15-18-12-8-5-9-13-18/h4-13,16,19-22H,14-15H2,1-3H3/t16-,19+,20+,21+/m0/s1. The van der Waals surface area contributed by atoms with E-state index in [1.807, 2.05) is 60.7 Å². The lowest BCUT2D eigenvalue weighted by Gasteiger charge is -2.31. The highest BCUT2D eigenvalue weighted by atomic mass is 16.8. The highest BCUT2D eigenvalue weighted by Gasteiger charge is 2.49. The van der Waals surface area contributed by atoms with Crippen molar-refractivity contribution in [2.45, 2.75) is 70.4 Å². The lowest BCUT2D eigenvalue weighted by molar-refractivity contribution is -0.194. The number of ether oxygens (including phenoxy) is 4. The van der Waals surface area contributed by atoms with Gasteiger partial charge in [0.15, 0.2) is 12.1 Å². The van der Waals surface area contributed by atoms with Crippen LogP contribution in [0.4, 0.5) is 0 Å². The lowest BCUT2D eigenvalue weighted by atomic mass is 10.0. The van der Waals surface area contributed by atoms with Gasteiger partial charge in [-0.2, -0.15) is 0 Å². The molecule has 1 heterocycles. The van der Waals surface area contributed by atoms with E-state index in [0.29, 0.717) is 0 Å². The van der Waals surface area contributed by atoms with Gasteiger partial charge in [-0.3, -0.25) is 0 Å². The molecule has 0 amide bonds. The van der Waals surface area contributed by atoms with Crippen LogP contribution in [0.2, 0.25) is 0 Å². The van der Waals surface area contributed by atoms with E-state index in [1.54, 1.807) is 20.8 Å². The van der Waals surface area contributed by atoms with Crippen LogP contribution in [0.1, 0.15) is 31.9 Å². The molecule has 174 valence electrons. The first-order valence-corrected chi connectivity index (χ1v) is 10.7. The van der Waals surface area contributed by atoms with Crippen LogP contribution in [0.25, 0.3) is 20.9 Å². The average Bonchev–Trinajstić information content (AvgIpc) is 3.15. The van der Waals surface area contributed by atoms with Crippen LogP contribution in [0.3, 0.4) is 0 Å². The molecule has 0 unspecified atom stereocenters. The molecule has 4 atom stereocenters. The molecule has 0 bridgehead atoms. The Morgan fingerprint density at radius 1 is 0.848 bits per heavy atom. The number of nitrogens with zero attached hydrogens (tertiary/aromatic N) is 6. The van der Waals surface area contributed by atoms with Gasteiger partial charge >= 0.3 is 0 Å². The molecule has 1 aliphatic heterocycles. The predicted molar refractivity (Wildman–Crippen MR) is 122 cm³/mol. The molecule has 1 fully saturated rings. The minimum absolute atomic E-state index is 0.241. The second-order valence-electron chi connectivity index (χ2n) is 8.17. The molecule has 1 saturated heterocycles. The van der Waals surface area contributed by atoms with Gasteiger partial charge in [0.05, 0.1) is 25.4 Å². The number of azide groups is 2. The summed E-state index contributed by atoms with van der Waals surface area (Å²) in [6, 6.07) is 17.8. The zero-order chi connectivity index (χ0) is 23.7. The second kappa shape index (κ2) is 11.7. The van der Waals surface area contributed by atoms with E-state index in [1.165, 1.54) is 0 Å². The third-order valence-electron chi connectivity index (χ3n) is 5.19. The van der Waals surface area contributed by atoms with Crippen LogP contribution in [-0.4, -0.2) is 36.4 Å². The van der Waals surface area contributed by atoms with Crippen molar-refractivity contribution in [3.8, 4) is 0 Å². The van der Waals surface area contributed by atoms with Gasteiger partial charge < -0.3 is 18.9 Å². The Morgan fingerprint density at radius 2 is 1.33 bits per heavy atom. The molecule has 0 aromatic heterocycles. The van der Waals surface area contributed by atoms with Crippen LogP contribution in [0.15, 0.2) is 70.9 Å². The van der Waals surface area contributed by atoms with Crippen LogP contribution >= 0.6 is 0 Å². The average molecular weight is 453 g/mol. The summed E-state index contributed by atoms with van der Waals surface area (Å²) in [5, 5.41) is 7.75. The lowest BCUT2D eigenvalue weighted by Crippen LogP contribution is -2.47. The van der Waals surface area contributed by atoms with Crippen molar-refractivity contribution in [2.75, 3.05) is 0 Å². The zero-order valence-corrected chi connectivity index (χ0v) is 18.9. The van der Waals surface area contributed by atoms with E-state index in [9.17, 15) is 5.53 Å². The van der Waals surface area contributed by atoms with Gasteiger partial charge in [0, 0.05) is 9.82 Å². The van der Waals surface area contributed by atoms with E-state index >= 15 is 0 Å². The highest BCUT2D eigenvalue weighted by molar-refractivity contribution is 5.14. The highest BCUT2D eigenvalue weighted by Crippen LogP contribution is 2.35. The quantitative estimate of drug-likeness (QED) is 0.188. The summed E-state index contributed by atoms with van der Waals surface area (Å²) >= 11 is 0. The van der Waals surface area contributed by atoms with Crippen LogP contribution in [0, 0.1) is 0 Å². The first kappa shape index (κ1) is 24.5. The molecular formula is C23H28N6O4. The Morgan fingerprint density at radius 3 is 1.82 bits per heavy atom. The molecule has 0 radical (unpaired) electrons. The summed E-state index contributed by atoms with van der Waals surface area (Å²) in [4.78, 5) is 5.91. The third-order valence-corrected chi connectivity index (χ3v) is 5.19. The number of hydrogen-bond acceptors (Lipinski definition) is 6. The molecular weight excluding hydrogens is 424 g/mol. The second-order valence-corrected chi connectivity index (χ2v) is 8.17. The van der Waals surface area contributed by atoms with E-state index in [2.05, 4.69) is 20.1 Å². The molecule has 33 heavy (non-hydrogen) atoms. The summed E-state index contributed by atoms with van der Waals surface area (Å²) in [5.41, 5.74) is 20.1. The molecule has 2 aromatic carbocycles. The van der Waals surface area contributed by atoms with Crippen molar-refractivity contribution in [3.63, 3.8) is 0 Å². The smallest absolute Gasteiger partial charge is 0.169 e. The van der Waals surface area contributed by atoms with E-state index in [4.69, 9.17) is 24.5 Å². The van der Waals surface area contributed by atoms with Crippen molar-refractivity contribution in [3.05, 3.63) is 92.7 Å². The molecule has 0 aliphatic carbocycles. The van der Waals surface area contributed by atoms with Gasteiger partial charge in [0.2, 0.25) is 0 Å². The van der Waals surface area contributed by atoms with Crippen LogP contribution in [0.5, 0.6) is 0 Å². The molecule has 0 saturated carbocycles. The third kappa shape index (κ3) is 6.94. The molecule has 0 N–H and O–H groups in total. The van der Waals surface area contributed by atoms with Gasteiger partial charge in [-0.05, 0) is 36.0 Å². The molecule has 10 heteroatoms. The summed E-state index contributed by atoms with van der Waals surface area (Å²) in [5.74, 6) is -0.971. The summed E-state index contributed by atoms with van der Waals surface area (Å²) in [7, 11) is 0. The largest absolute Gasteiger partial charge is 0.347 e. The van der Waals surface area contributed by atoms with Gasteiger partial charge in [0.25, 0.3) is 0 Å². The van der Waals surface area contributed by atoms with Crippen LogP contribution in [-0.2, 0) is 32.2 Å². The van der Waals surface area contributed by atoms with Gasteiger partial charge in [-0.15, -0.1) is 0 Å². The Hall–Kier alpha value is -3.10. The maximum atomic E-state index is 9.34. The van der Waals surface area contributed by atoms with Crippen molar-refractivity contribution in [1.29, 1.82) is 0 Å². The molecule has 10 nitrogen and oxygen atoms in total. The Kier molecular flexibility index (Phi) is 8.68. The zero-order valence-electron chi connectivity index (χ0n) is 18.9. The van der Waals surface area contributed by atoms with E-state index < -0.39 is 36.4 Å². The number of benzene rings is 2. The van der Waals surface area contributed by atoms with E-state index in [0.717, 1.165) is 11.1 Å². The molecule has 3 rings (SSSR count). The van der Waals surface area contributed by atoms with Crippen LogP contribution < -0.4 is 0 Å². The van der Waals surface area contributed by atoms with Crippen molar-refractivity contribution in [2.24, 2.45) is 10.2 Å². The van der Waals surface area contributed by atoms with Gasteiger partial charge in [0.1, 0.15) is 12.1 Å². The SMILES string of the molecule is C[C@H](N=[N+]=[N-])[C@H]1OC(C)(C)O[C@@H]1[C@@H](N=[N+]=[N-])C(OCc1ccccc1)OCc1ccccc1. The summed E-state index contributed by atoms with van der Waals surface area (Å²) in [6.45, 7) is 5.71. The summed E-state index contributed by atoms with van der Waals surface area (Å²) < 4.78 is 24.3. The molecule has 0 spiro atoms. The van der Waals surface area contributed by atoms with Crippen molar-refractivity contribution in [1.82, 2.24) is 0 Å². The van der Waals surface area contributed by atoms with Gasteiger partial charge in [-0.25, -0.2) is 0 Å². The normalized spacial score (nSPS) is 21.1. The number of hydrogen-bond donors (Lipinski definition) is 0. The maximum absolute atomic E-state index is 9.34. The topological polar surface area (TPSA) is 134 Å². The van der Waals surface area contributed by atoms with Gasteiger partial charge in [-0.1, -0.05) is 77.8 Å². The Labute approximate surface area is 192 Å². The molecule has 2 aromatic rings. The fourth-order valence-electron chi connectivity index (χ4n) is 3.69. The van der Waals surface area contributed by atoms with E-state index in [-0.39, 0.29) is 13.2 Å². The fourth-order valence-corrected chi connectivity index (χ4v) is 3.69. The maximum Gasteiger partial charge on any atom is 0.169 e. The number of rotatable bonds is 11. The Bertz CT molecular complexity index is 933. The van der Waals surface area contributed by atoms with Crippen molar-refractivity contribution < 1.29 is 18.9 Å². The first-order chi connectivity index (χ1) is 15.9. The molecule has 1 aliphatic rings. The minimum Gasteiger partial charge on any atom is -0.347 e. The minimum atomic E-state index is -0.971. The Balaban J connectivity index is 1.88. The summed E-state index contributed by atoms with van der Waals surface area (Å²) in [6.07, 6.45) is -2.35. The fraction of sp³-hybridized carbons (Fsp3) is 0.478. The van der Waals surface area contributed by atoms with Crippen molar-refractivity contribution >= 4 is 0 Å². The monoisotopic (exact) mass is 452 g/mol. The predicted octanol–water partition coefficient (Wildman–Crippen LogP) is 5.64.